The number of benzene rings is 1. The summed E-state index contributed by atoms with van der Waals surface area (Å²) < 4.78 is 13.4. The number of nitrogens with one attached hydrogen (secondary N) is 1. The normalized spacial score (nSPS) is 12.2. The van der Waals surface area contributed by atoms with Crippen LogP contribution < -0.4 is 11.1 Å². The Morgan fingerprint density at radius 3 is 2.88 bits per heavy atom. The highest BCUT2D eigenvalue weighted by molar-refractivity contribution is 5.94. The number of hydrogen-bond acceptors (Lipinski definition) is 2. The molecule has 17 heavy (non-hydrogen) atoms. The van der Waals surface area contributed by atoms with Crippen LogP contribution in [0.4, 0.5) is 10.1 Å². The molecule has 0 fully saturated rings. The molecule has 0 aliphatic carbocycles. The first kappa shape index (κ1) is 13.6. The molecule has 0 spiro atoms. The van der Waals surface area contributed by atoms with E-state index in [0.29, 0.717) is 6.42 Å². The Hall–Kier alpha value is -1.42. The highest BCUT2D eigenvalue weighted by atomic mass is 19.1. The van der Waals surface area contributed by atoms with Gasteiger partial charge in [-0.05, 0) is 31.0 Å². The first-order chi connectivity index (χ1) is 8.04. The van der Waals surface area contributed by atoms with Crippen LogP contribution in [0.5, 0.6) is 0 Å². The van der Waals surface area contributed by atoms with E-state index in [1.54, 1.807) is 12.1 Å². The lowest BCUT2D eigenvalue weighted by Crippen LogP contribution is -2.35. The van der Waals surface area contributed by atoms with E-state index in [-0.39, 0.29) is 11.6 Å². The smallest absolute Gasteiger partial charge is 0.241 e. The lowest BCUT2D eigenvalue weighted by atomic mass is 10.1. The van der Waals surface area contributed by atoms with Crippen molar-refractivity contribution in [2.75, 3.05) is 5.32 Å². The molecule has 0 aliphatic rings. The van der Waals surface area contributed by atoms with E-state index in [0.717, 1.165) is 18.4 Å². The van der Waals surface area contributed by atoms with Crippen LogP contribution in [0.2, 0.25) is 0 Å². The molecule has 0 saturated carbocycles. The summed E-state index contributed by atoms with van der Waals surface area (Å²) in [6, 6.07) is 4.01. The Kier molecular flexibility index (Phi) is 5.10. The molecule has 1 aromatic carbocycles. The lowest BCUT2D eigenvalue weighted by molar-refractivity contribution is -0.117. The minimum absolute atomic E-state index is 0.196. The zero-order chi connectivity index (χ0) is 12.8. The molecule has 94 valence electrons. The van der Waals surface area contributed by atoms with Gasteiger partial charge in [0.2, 0.25) is 5.91 Å². The van der Waals surface area contributed by atoms with Crippen LogP contribution in [-0.2, 0) is 4.79 Å². The summed E-state index contributed by atoms with van der Waals surface area (Å²) in [5.74, 6) is -0.769. The second-order valence-electron chi connectivity index (χ2n) is 4.22. The average molecular weight is 238 g/mol. The SMILES string of the molecule is CCCCC(N)C(=O)Nc1cc(C)ccc1F. The van der Waals surface area contributed by atoms with Crippen LogP contribution in [0, 0.1) is 12.7 Å². The van der Waals surface area contributed by atoms with Gasteiger partial charge in [0.15, 0.2) is 0 Å². The molecule has 3 N–H and O–H groups in total. The molecule has 3 nitrogen and oxygen atoms in total. The highest BCUT2D eigenvalue weighted by Crippen LogP contribution is 2.16. The van der Waals surface area contributed by atoms with Gasteiger partial charge < -0.3 is 11.1 Å². The Balaban J connectivity index is 2.64. The minimum atomic E-state index is -0.574. The highest BCUT2D eigenvalue weighted by Gasteiger charge is 2.14. The van der Waals surface area contributed by atoms with Crippen molar-refractivity contribution < 1.29 is 9.18 Å². The van der Waals surface area contributed by atoms with Gasteiger partial charge in [0, 0.05) is 0 Å². The second-order valence-corrected chi connectivity index (χ2v) is 4.22. The number of amides is 1. The van der Waals surface area contributed by atoms with Gasteiger partial charge in [-0.1, -0.05) is 25.8 Å². The van der Waals surface area contributed by atoms with Gasteiger partial charge in [-0.15, -0.1) is 0 Å². The van der Waals surface area contributed by atoms with E-state index in [9.17, 15) is 9.18 Å². The van der Waals surface area contributed by atoms with Crippen molar-refractivity contribution in [2.45, 2.75) is 39.2 Å². The van der Waals surface area contributed by atoms with Crippen LogP contribution in [0.15, 0.2) is 18.2 Å². The van der Waals surface area contributed by atoms with Crippen LogP contribution in [0.25, 0.3) is 0 Å². The van der Waals surface area contributed by atoms with E-state index in [1.165, 1.54) is 6.07 Å². The third kappa shape index (κ3) is 4.15. The molecule has 0 aliphatic heterocycles. The summed E-state index contributed by atoms with van der Waals surface area (Å²) in [5.41, 5.74) is 6.79. The van der Waals surface area contributed by atoms with Gasteiger partial charge in [0.1, 0.15) is 5.82 Å². The molecule has 1 aromatic rings. The summed E-state index contributed by atoms with van der Waals surface area (Å²) in [5, 5.41) is 2.52. The first-order valence-electron chi connectivity index (χ1n) is 5.87. The Bertz CT molecular complexity index is 393. The quantitative estimate of drug-likeness (QED) is 0.828. The number of carbonyl (C=O) groups excluding carboxylic acids is 1. The third-order valence-corrected chi connectivity index (χ3v) is 2.59. The predicted molar refractivity (Wildman–Crippen MR) is 67.3 cm³/mol. The molecule has 0 radical (unpaired) electrons. The standard InChI is InChI=1S/C13H19FN2O/c1-3-4-5-11(15)13(17)16-12-8-9(2)6-7-10(12)14/h6-8,11H,3-5,15H2,1-2H3,(H,16,17). The summed E-state index contributed by atoms with van der Waals surface area (Å²) in [6.07, 6.45) is 2.50. The molecule has 1 unspecified atom stereocenters. The van der Waals surface area contributed by atoms with Crippen molar-refractivity contribution in [2.24, 2.45) is 5.73 Å². The second kappa shape index (κ2) is 6.35. The zero-order valence-electron chi connectivity index (χ0n) is 10.3. The molecule has 1 amide bonds. The van der Waals surface area contributed by atoms with Crippen molar-refractivity contribution in [1.82, 2.24) is 0 Å². The molecule has 4 heteroatoms. The van der Waals surface area contributed by atoms with Crippen molar-refractivity contribution in [1.29, 1.82) is 0 Å². The van der Waals surface area contributed by atoms with Crippen molar-refractivity contribution in [3.8, 4) is 0 Å². The minimum Gasteiger partial charge on any atom is -0.322 e. The fourth-order valence-electron chi connectivity index (χ4n) is 1.52. The number of anilines is 1. The Labute approximate surface area is 101 Å². The number of rotatable bonds is 5. The molecule has 0 aromatic heterocycles. The lowest BCUT2D eigenvalue weighted by Gasteiger charge is -2.12. The number of unbranched alkanes of at least 4 members (excludes halogenated alkanes) is 1. The van der Waals surface area contributed by atoms with E-state index in [2.05, 4.69) is 5.32 Å². The topological polar surface area (TPSA) is 55.1 Å². The maximum atomic E-state index is 13.4. The molecule has 1 atom stereocenters. The summed E-state index contributed by atoms with van der Waals surface area (Å²) >= 11 is 0. The van der Waals surface area contributed by atoms with E-state index < -0.39 is 11.9 Å². The van der Waals surface area contributed by atoms with Gasteiger partial charge >= 0.3 is 0 Å². The molecular formula is C13H19FN2O. The molecule has 0 bridgehead atoms. The predicted octanol–water partition coefficient (Wildman–Crippen LogP) is 2.59. The van der Waals surface area contributed by atoms with Gasteiger partial charge in [0.05, 0.1) is 11.7 Å². The largest absolute Gasteiger partial charge is 0.322 e. The van der Waals surface area contributed by atoms with Crippen molar-refractivity contribution in [3.05, 3.63) is 29.6 Å². The monoisotopic (exact) mass is 238 g/mol. The van der Waals surface area contributed by atoms with Crippen LogP contribution in [-0.4, -0.2) is 11.9 Å². The van der Waals surface area contributed by atoms with Crippen molar-refractivity contribution in [3.63, 3.8) is 0 Å². The molecule has 0 heterocycles. The zero-order valence-corrected chi connectivity index (χ0v) is 10.3. The summed E-state index contributed by atoms with van der Waals surface area (Å²) in [7, 11) is 0. The number of nitrogens with two attached hydrogens (primary N) is 1. The maximum Gasteiger partial charge on any atom is 0.241 e. The Morgan fingerprint density at radius 1 is 1.53 bits per heavy atom. The van der Waals surface area contributed by atoms with Crippen LogP contribution in [0.1, 0.15) is 31.7 Å². The number of halogens is 1. The van der Waals surface area contributed by atoms with Gasteiger partial charge in [-0.25, -0.2) is 4.39 Å². The number of carbonyl (C=O) groups is 1. The third-order valence-electron chi connectivity index (χ3n) is 2.59. The van der Waals surface area contributed by atoms with Crippen LogP contribution >= 0.6 is 0 Å². The van der Waals surface area contributed by atoms with E-state index in [4.69, 9.17) is 5.73 Å². The molecule has 0 saturated heterocycles. The number of hydrogen-bond donors (Lipinski definition) is 2. The van der Waals surface area contributed by atoms with Crippen LogP contribution in [0.3, 0.4) is 0 Å². The average Bonchev–Trinajstić information content (AvgIpc) is 2.30. The molecular weight excluding hydrogens is 219 g/mol. The van der Waals surface area contributed by atoms with Crippen molar-refractivity contribution >= 4 is 11.6 Å². The fourth-order valence-corrected chi connectivity index (χ4v) is 1.52. The summed E-state index contributed by atoms with van der Waals surface area (Å²) in [4.78, 5) is 11.7. The first-order valence-corrected chi connectivity index (χ1v) is 5.87. The van der Waals surface area contributed by atoms with Gasteiger partial charge in [-0.3, -0.25) is 4.79 Å². The number of aryl methyl sites for hydroxylation is 1. The fraction of sp³-hybridized carbons (Fsp3) is 0.462. The van der Waals surface area contributed by atoms with E-state index in [1.807, 2.05) is 13.8 Å². The molecule has 1 rings (SSSR count). The van der Waals surface area contributed by atoms with E-state index >= 15 is 0 Å². The Morgan fingerprint density at radius 2 is 2.24 bits per heavy atom. The van der Waals surface area contributed by atoms with Gasteiger partial charge in [-0.2, -0.15) is 0 Å². The maximum absolute atomic E-state index is 13.4. The summed E-state index contributed by atoms with van der Waals surface area (Å²) in [6.45, 7) is 3.87. The van der Waals surface area contributed by atoms with Gasteiger partial charge in [0.25, 0.3) is 0 Å².